The van der Waals surface area contributed by atoms with Crippen molar-refractivity contribution in [3.05, 3.63) is 0 Å². The molecule has 16 heavy (non-hydrogen) atoms. The van der Waals surface area contributed by atoms with Gasteiger partial charge in [-0.3, -0.25) is 4.90 Å². The topological polar surface area (TPSA) is 22.1 Å². The third kappa shape index (κ3) is 3.84. The molecule has 2 unspecified atom stereocenters. The zero-order valence-electron chi connectivity index (χ0n) is 11.0. The van der Waals surface area contributed by atoms with E-state index in [2.05, 4.69) is 61.9 Å². The van der Waals surface area contributed by atoms with Crippen molar-refractivity contribution in [1.29, 1.82) is 0 Å². The minimum absolute atomic E-state index is 0.261. The molecule has 94 valence electrons. The third-order valence-electron chi connectivity index (χ3n) is 2.62. The van der Waals surface area contributed by atoms with E-state index >= 15 is 0 Å². The lowest BCUT2D eigenvalue weighted by Gasteiger charge is -2.26. The Labute approximate surface area is 107 Å². The second-order valence-electron chi connectivity index (χ2n) is 4.57. The largest absolute Gasteiger partial charge is 0.352 e. The van der Waals surface area contributed by atoms with Gasteiger partial charge in [0.25, 0.3) is 0 Å². The van der Waals surface area contributed by atoms with Gasteiger partial charge >= 0.3 is 0 Å². The first kappa shape index (κ1) is 14.2. The summed E-state index contributed by atoms with van der Waals surface area (Å²) in [7, 11) is 14.0. The fourth-order valence-corrected chi connectivity index (χ4v) is 3.80. The Kier molecular flexibility index (Phi) is 5.43. The van der Waals surface area contributed by atoms with Gasteiger partial charge in [0.15, 0.2) is 10.7 Å². The molecule has 1 heterocycles. The van der Waals surface area contributed by atoms with Crippen molar-refractivity contribution >= 4 is 26.8 Å². The van der Waals surface area contributed by atoms with Crippen molar-refractivity contribution in [2.24, 2.45) is 4.99 Å². The van der Waals surface area contributed by atoms with E-state index in [9.17, 15) is 0 Å². The van der Waals surface area contributed by atoms with Crippen molar-refractivity contribution in [1.82, 2.24) is 14.7 Å². The minimum Gasteiger partial charge on any atom is -0.352 e. The van der Waals surface area contributed by atoms with Gasteiger partial charge in [-0.1, -0.05) is 0 Å². The van der Waals surface area contributed by atoms with E-state index in [1.807, 2.05) is 0 Å². The molecule has 0 saturated heterocycles. The molecule has 0 saturated carbocycles. The summed E-state index contributed by atoms with van der Waals surface area (Å²) in [4.78, 5) is 11.3. The molecule has 0 aromatic rings. The molecule has 0 amide bonds. The molecule has 0 aromatic heterocycles. The fraction of sp³-hybridized carbons (Fsp3) is 0.900. The molecule has 1 rings (SSSR count). The molecule has 0 fully saturated rings. The highest BCUT2D eigenvalue weighted by Gasteiger charge is 2.24. The Hall–Kier alpha value is 0.0900. The highest BCUT2D eigenvalue weighted by Crippen LogP contribution is 2.37. The molecule has 0 radical (unpaired) electrons. The summed E-state index contributed by atoms with van der Waals surface area (Å²) in [5.74, 6) is 0. The summed E-state index contributed by atoms with van der Waals surface area (Å²) in [6, 6.07) is 0.539. The Morgan fingerprint density at radius 1 is 1.25 bits per heavy atom. The predicted molar refractivity (Wildman–Crippen MR) is 75.9 cm³/mol. The third-order valence-corrected chi connectivity index (χ3v) is 5.23. The lowest BCUT2D eigenvalue weighted by atomic mass is 10.3. The van der Waals surface area contributed by atoms with Crippen molar-refractivity contribution in [2.75, 3.05) is 41.8 Å². The molecule has 0 spiro atoms. The van der Waals surface area contributed by atoms with Gasteiger partial charge in [-0.15, -0.1) is 0 Å². The maximum atomic E-state index is 4.68. The zero-order valence-corrected chi connectivity index (χ0v) is 12.6. The van der Waals surface area contributed by atoms with Crippen LogP contribution in [0, 0.1) is 0 Å². The molecule has 0 bridgehead atoms. The van der Waals surface area contributed by atoms with Gasteiger partial charge < -0.3 is 9.80 Å². The van der Waals surface area contributed by atoms with Crippen LogP contribution in [-0.4, -0.2) is 73.2 Å². The molecule has 1 aliphatic rings. The summed E-state index contributed by atoms with van der Waals surface area (Å²) in [5, 5.41) is 1.14. The molecular weight excluding hydrogens is 240 g/mol. The maximum Gasteiger partial charge on any atom is 0.172 e. The average molecular weight is 262 g/mol. The van der Waals surface area contributed by atoms with Gasteiger partial charge in [0.05, 0.1) is 0 Å². The molecule has 0 aromatic carbocycles. The first-order valence-electron chi connectivity index (χ1n) is 5.37. The number of amidine groups is 1. The number of aliphatic imine (C=N–C) groups is 1. The lowest BCUT2D eigenvalue weighted by Crippen LogP contribution is -2.38. The molecule has 0 aliphatic carbocycles. The summed E-state index contributed by atoms with van der Waals surface area (Å²) in [5.41, 5.74) is 0.261. The smallest absolute Gasteiger partial charge is 0.172 e. The van der Waals surface area contributed by atoms with Crippen LogP contribution in [0.1, 0.15) is 6.92 Å². The van der Waals surface area contributed by atoms with Crippen LogP contribution in [-0.2, 0) is 0 Å². The van der Waals surface area contributed by atoms with Gasteiger partial charge in [0.1, 0.15) is 0 Å². The van der Waals surface area contributed by atoms with Crippen LogP contribution >= 0.6 is 21.6 Å². The summed E-state index contributed by atoms with van der Waals surface area (Å²) in [6.07, 6.45) is 0. The number of rotatable bonds is 4. The standard InChI is InChI=1S/C10H22N4S2/c1-8(12(2)3)7-14(6)10-11-9(13(4)5)15-16-10/h8-9H,7H2,1-6H3. The van der Waals surface area contributed by atoms with Crippen LogP contribution in [0.3, 0.4) is 0 Å². The fourth-order valence-electron chi connectivity index (χ4n) is 1.23. The Morgan fingerprint density at radius 2 is 1.88 bits per heavy atom. The monoisotopic (exact) mass is 262 g/mol. The predicted octanol–water partition coefficient (Wildman–Crippen LogP) is 1.46. The van der Waals surface area contributed by atoms with E-state index in [4.69, 9.17) is 0 Å². The van der Waals surface area contributed by atoms with Crippen LogP contribution in [0.15, 0.2) is 4.99 Å². The minimum atomic E-state index is 0.261. The molecule has 6 heteroatoms. The van der Waals surface area contributed by atoms with Crippen LogP contribution in [0.4, 0.5) is 0 Å². The van der Waals surface area contributed by atoms with Crippen LogP contribution < -0.4 is 0 Å². The molecule has 4 nitrogen and oxygen atoms in total. The second-order valence-corrected chi connectivity index (χ2v) is 6.80. The van der Waals surface area contributed by atoms with Crippen molar-refractivity contribution in [3.8, 4) is 0 Å². The number of likely N-dealkylation sites (N-methyl/N-ethyl adjacent to an activating group) is 2. The Balaban J connectivity index is 2.49. The normalized spacial score (nSPS) is 22.8. The van der Waals surface area contributed by atoms with Gasteiger partial charge in [-0.05, 0) is 56.7 Å². The van der Waals surface area contributed by atoms with Gasteiger partial charge in [-0.2, -0.15) is 0 Å². The molecule has 0 N–H and O–H groups in total. The quantitative estimate of drug-likeness (QED) is 0.714. The second kappa shape index (κ2) is 6.14. The average Bonchev–Trinajstić information content (AvgIpc) is 2.65. The Morgan fingerprint density at radius 3 is 2.31 bits per heavy atom. The molecular formula is C10H22N4S2. The SMILES string of the molecule is CC(CN(C)C1=NC(N(C)C)SS1)N(C)C. The van der Waals surface area contributed by atoms with Crippen molar-refractivity contribution in [3.63, 3.8) is 0 Å². The van der Waals surface area contributed by atoms with Gasteiger partial charge in [0.2, 0.25) is 0 Å². The van der Waals surface area contributed by atoms with Crippen LogP contribution in [0.5, 0.6) is 0 Å². The number of hydrogen-bond acceptors (Lipinski definition) is 6. The van der Waals surface area contributed by atoms with E-state index in [1.54, 1.807) is 21.6 Å². The Bertz CT molecular complexity index is 255. The van der Waals surface area contributed by atoms with Crippen LogP contribution in [0.2, 0.25) is 0 Å². The highest BCUT2D eigenvalue weighted by molar-refractivity contribution is 8.82. The van der Waals surface area contributed by atoms with Crippen LogP contribution in [0.25, 0.3) is 0 Å². The summed E-state index contributed by atoms with van der Waals surface area (Å²) < 4.78 is 0. The summed E-state index contributed by atoms with van der Waals surface area (Å²) >= 11 is 0. The van der Waals surface area contributed by atoms with E-state index in [1.165, 1.54) is 0 Å². The highest BCUT2D eigenvalue weighted by atomic mass is 33.1. The van der Waals surface area contributed by atoms with E-state index in [-0.39, 0.29) is 5.50 Å². The zero-order chi connectivity index (χ0) is 12.3. The van der Waals surface area contributed by atoms with E-state index in [0.29, 0.717) is 6.04 Å². The van der Waals surface area contributed by atoms with E-state index in [0.717, 1.165) is 11.7 Å². The molecule has 1 aliphatic heterocycles. The first-order chi connectivity index (χ1) is 7.41. The summed E-state index contributed by atoms with van der Waals surface area (Å²) in [6.45, 7) is 3.24. The maximum absolute atomic E-state index is 4.68. The number of hydrogen-bond donors (Lipinski definition) is 0. The van der Waals surface area contributed by atoms with Crippen molar-refractivity contribution < 1.29 is 0 Å². The van der Waals surface area contributed by atoms with Gasteiger partial charge in [0, 0.05) is 19.6 Å². The lowest BCUT2D eigenvalue weighted by molar-refractivity contribution is 0.269. The van der Waals surface area contributed by atoms with Gasteiger partial charge in [-0.25, -0.2) is 4.99 Å². The van der Waals surface area contributed by atoms with Crippen molar-refractivity contribution in [2.45, 2.75) is 18.5 Å². The first-order valence-corrected chi connectivity index (χ1v) is 7.58. The number of nitrogens with zero attached hydrogens (tertiary/aromatic N) is 4. The van der Waals surface area contributed by atoms with E-state index < -0.39 is 0 Å². The molecule has 2 atom stereocenters.